The van der Waals surface area contributed by atoms with Crippen LogP contribution in [0.25, 0.3) is 10.9 Å². The Morgan fingerprint density at radius 1 is 1.31 bits per heavy atom. The van der Waals surface area contributed by atoms with Crippen molar-refractivity contribution in [1.29, 1.82) is 5.26 Å². The van der Waals surface area contributed by atoms with Gasteiger partial charge in [-0.3, -0.25) is 4.98 Å². The summed E-state index contributed by atoms with van der Waals surface area (Å²) in [5.41, 5.74) is 4.81. The maximum atomic E-state index is 12.1. The molecule has 1 atom stereocenters. The Bertz CT molecular complexity index is 917. The fourth-order valence-electron chi connectivity index (χ4n) is 4.32. The van der Waals surface area contributed by atoms with Gasteiger partial charge in [0.1, 0.15) is 6.07 Å². The number of hydrogen-bond acceptors (Lipinski definition) is 4. The Balaban J connectivity index is 1.77. The first-order chi connectivity index (χ1) is 12.6. The maximum Gasteiger partial charge on any atom is 0.317 e. The average Bonchev–Trinajstić information content (AvgIpc) is 3.06. The third-order valence-corrected chi connectivity index (χ3v) is 5.44. The van der Waals surface area contributed by atoms with Crippen LogP contribution in [-0.4, -0.2) is 48.1 Å². The van der Waals surface area contributed by atoms with Gasteiger partial charge in [-0.15, -0.1) is 0 Å². The van der Waals surface area contributed by atoms with Gasteiger partial charge in [0.2, 0.25) is 0 Å². The average molecular weight is 349 g/mol. The number of carbonyl (C=O) groups is 1. The summed E-state index contributed by atoms with van der Waals surface area (Å²) in [7, 11) is 0. The molecular weight excluding hydrogens is 326 g/mol. The minimum absolute atomic E-state index is 0.0311. The van der Waals surface area contributed by atoms with Gasteiger partial charge in [-0.25, -0.2) is 4.79 Å². The molecule has 1 N–H and O–H groups in total. The minimum Gasteiger partial charge on any atom is -0.368 e. The predicted molar refractivity (Wildman–Crippen MR) is 101 cm³/mol. The lowest BCUT2D eigenvalue weighted by atomic mass is 9.99. The van der Waals surface area contributed by atoms with Gasteiger partial charge in [-0.1, -0.05) is 11.6 Å². The molecule has 1 aromatic carbocycles. The molecule has 26 heavy (non-hydrogen) atoms. The molecule has 0 saturated carbocycles. The number of amides is 2. The number of nitrogens with one attached hydrogen (secondary N) is 1. The molecule has 0 unspecified atom stereocenters. The van der Waals surface area contributed by atoms with Gasteiger partial charge in [-0.05, 0) is 38.3 Å². The van der Waals surface area contributed by atoms with Crippen molar-refractivity contribution in [2.24, 2.45) is 0 Å². The number of anilines is 1. The SMILES string of the molecule is Cc1cc(C)c2ncc(C#N)c(N3CCC[C@@H](N4CCNC4=O)C3)c2c1. The lowest BCUT2D eigenvalue weighted by Crippen LogP contribution is -2.49. The van der Waals surface area contributed by atoms with Crippen molar-refractivity contribution in [3.8, 4) is 6.07 Å². The summed E-state index contributed by atoms with van der Waals surface area (Å²) < 4.78 is 0. The topological polar surface area (TPSA) is 72.3 Å². The summed E-state index contributed by atoms with van der Waals surface area (Å²) in [6.45, 7) is 7.27. The minimum atomic E-state index is 0.0311. The Morgan fingerprint density at radius 2 is 2.15 bits per heavy atom. The highest BCUT2D eigenvalue weighted by molar-refractivity contribution is 5.96. The van der Waals surface area contributed by atoms with Gasteiger partial charge in [0.25, 0.3) is 0 Å². The first-order valence-corrected chi connectivity index (χ1v) is 9.18. The molecule has 6 heteroatoms. The number of rotatable bonds is 2. The molecule has 2 aromatic rings. The van der Waals surface area contributed by atoms with E-state index in [2.05, 4.69) is 47.3 Å². The summed E-state index contributed by atoms with van der Waals surface area (Å²) in [5, 5.41) is 13.6. The highest BCUT2D eigenvalue weighted by Gasteiger charge is 2.32. The summed E-state index contributed by atoms with van der Waals surface area (Å²) in [5.74, 6) is 0. The number of aromatic nitrogens is 1. The van der Waals surface area contributed by atoms with E-state index in [0.29, 0.717) is 5.56 Å². The molecule has 3 heterocycles. The van der Waals surface area contributed by atoms with Crippen LogP contribution >= 0.6 is 0 Å². The monoisotopic (exact) mass is 349 g/mol. The molecule has 2 saturated heterocycles. The molecule has 1 aromatic heterocycles. The van der Waals surface area contributed by atoms with E-state index in [-0.39, 0.29) is 12.1 Å². The quantitative estimate of drug-likeness (QED) is 0.905. The van der Waals surface area contributed by atoms with E-state index < -0.39 is 0 Å². The molecule has 0 spiro atoms. The van der Waals surface area contributed by atoms with E-state index >= 15 is 0 Å². The zero-order valence-corrected chi connectivity index (χ0v) is 15.2. The fourth-order valence-corrected chi connectivity index (χ4v) is 4.32. The first-order valence-electron chi connectivity index (χ1n) is 9.18. The maximum absolute atomic E-state index is 12.1. The normalized spacial score (nSPS) is 20.3. The standard InChI is InChI=1S/C20H23N5O/c1-13-8-14(2)18-17(9-13)19(15(10-21)11-23-18)24-6-3-4-16(12-24)25-7-5-22-20(25)26/h8-9,11,16H,3-7,12H2,1-2H3,(H,22,26)/t16-/m1/s1. The zero-order valence-electron chi connectivity index (χ0n) is 15.2. The number of urea groups is 1. The summed E-state index contributed by atoms with van der Waals surface area (Å²) in [4.78, 5) is 20.8. The molecule has 0 radical (unpaired) electrons. The number of piperidine rings is 1. The van der Waals surface area contributed by atoms with E-state index in [4.69, 9.17) is 0 Å². The second kappa shape index (κ2) is 6.49. The van der Waals surface area contributed by atoms with Crippen LogP contribution in [0.15, 0.2) is 18.3 Å². The van der Waals surface area contributed by atoms with Crippen LogP contribution in [-0.2, 0) is 0 Å². The zero-order chi connectivity index (χ0) is 18.3. The fraction of sp³-hybridized carbons (Fsp3) is 0.450. The summed E-state index contributed by atoms with van der Waals surface area (Å²) in [6.07, 6.45) is 3.70. The van der Waals surface area contributed by atoms with E-state index in [1.807, 2.05) is 4.90 Å². The van der Waals surface area contributed by atoms with Gasteiger partial charge in [0.15, 0.2) is 0 Å². The van der Waals surface area contributed by atoms with E-state index in [0.717, 1.165) is 61.2 Å². The van der Waals surface area contributed by atoms with Crippen LogP contribution < -0.4 is 10.2 Å². The number of pyridine rings is 1. The lowest BCUT2D eigenvalue weighted by molar-refractivity contribution is 0.189. The second-order valence-electron chi connectivity index (χ2n) is 7.28. The van der Waals surface area contributed by atoms with Crippen LogP contribution in [0, 0.1) is 25.2 Å². The number of hydrogen-bond donors (Lipinski definition) is 1. The predicted octanol–water partition coefficient (Wildman–Crippen LogP) is 2.72. The highest BCUT2D eigenvalue weighted by Crippen LogP contribution is 2.34. The van der Waals surface area contributed by atoms with Crippen molar-refractivity contribution in [1.82, 2.24) is 15.2 Å². The van der Waals surface area contributed by atoms with Crippen LogP contribution in [0.4, 0.5) is 10.5 Å². The molecular formula is C20H23N5O. The number of aryl methyl sites for hydroxylation is 2. The van der Waals surface area contributed by atoms with Crippen molar-refractivity contribution in [2.45, 2.75) is 32.7 Å². The van der Waals surface area contributed by atoms with Crippen LogP contribution in [0.5, 0.6) is 0 Å². The number of carbonyl (C=O) groups excluding carboxylic acids is 1. The first kappa shape index (κ1) is 16.6. The van der Waals surface area contributed by atoms with Gasteiger partial charge < -0.3 is 15.1 Å². The third-order valence-electron chi connectivity index (χ3n) is 5.44. The molecule has 2 fully saturated rings. The van der Waals surface area contributed by atoms with Gasteiger partial charge in [0, 0.05) is 37.8 Å². The summed E-state index contributed by atoms with van der Waals surface area (Å²) >= 11 is 0. The Morgan fingerprint density at radius 3 is 2.88 bits per heavy atom. The van der Waals surface area contributed by atoms with E-state index in [1.54, 1.807) is 6.20 Å². The van der Waals surface area contributed by atoms with Crippen molar-refractivity contribution >= 4 is 22.6 Å². The smallest absolute Gasteiger partial charge is 0.317 e. The number of fused-ring (bicyclic) bond motifs is 1. The van der Waals surface area contributed by atoms with E-state index in [1.165, 1.54) is 5.56 Å². The van der Waals surface area contributed by atoms with Crippen molar-refractivity contribution in [3.05, 3.63) is 35.0 Å². The third kappa shape index (κ3) is 2.74. The molecule has 2 aliphatic heterocycles. The summed E-state index contributed by atoms with van der Waals surface area (Å²) in [6, 6.07) is 6.78. The molecule has 0 aliphatic carbocycles. The van der Waals surface area contributed by atoms with Crippen LogP contribution in [0.2, 0.25) is 0 Å². The second-order valence-corrected chi connectivity index (χ2v) is 7.28. The molecule has 6 nitrogen and oxygen atoms in total. The molecule has 4 rings (SSSR count). The van der Waals surface area contributed by atoms with Gasteiger partial charge in [0.05, 0.1) is 22.8 Å². The van der Waals surface area contributed by atoms with Crippen molar-refractivity contribution < 1.29 is 4.79 Å². The molecule has 0 bridgehead atoms. The van der Waals surface area contributed by atoms with Crippen LogP contribution in [0.1, 0.15) is 29.5 Å². The van der Waals surface area contributed by atoms with Gasteiger partial charge in [-0.2, -0.15) is 5.26 Å². The highest BCUT2D eigenvalue weighted by atomic mass is 16.2. The molecule has 2 amide bonds. The van der Waals surface area contributed by atoms with E-state index in [9.17, 15) is 10.1 Å². The molecule has 2 aliphatic rings. The lowest BCUT2D eigenvalue weighted by Gasteiger charge is -2.39. The number of benzene rings is 1. The van der Waals surface area contributed by atoms with Crippen molar-refractivity contribution in [2.75, 3.05) is 31.1 Å². The van der Waals surface area contributed by atoms with Crippen LogP contribution in [0.3, 0.4) is 0 Å². The Labute approximate surface area is 153 Å². The largest absolute Gasteiger partial charge is 0.368 e. The Hall–Kier alpha value is -2.81. The molecule has 134 valence electrons. The van der Waals surface area contributed by atoms with Gasteiger partial charge >= 0.3 is 6.03 Å². The Kier molecular flexibility index (Phi) is 4.15. The number of nitrogens with zero attached hydrogens (tertiary/aromatic N) is 4. The van der Waals surface area contributed by atoms with Crippen molar-refractivity contribution in [3.63, 3.8) is 0 Å². The number of nitriles is 1.